The van der Waals surface area contributed by atoms with E-state index in [1.165, 1.54) is 48.5 Å². The lowest BCUT2D eigenvalue weighted by atomic mass is 10.3. The molecule has 0 aliphatic carbocycles. The molecule has 2 aromatic carbocycles. The molecule has 2 aromatic rings. The van der Waals surface area contributed by atoms with Gasteiger partial charge in [-0.15, -0.1) is 0 Å². The molecule has 0 saturated heterocycles. The average molecular weight is 334 g/mol. The van der Waals surface area contributed by atoms with Crippen molar-refractivity contribution in [2.24, 2.45) is 0 Å². The van der Waals surface area contributed by atoms with Crippen LogP contribution in [-0.4, -0.2) is 18.4 Å². The Morgan fingerprint density at radius 2 is 1.04 bits per heavy atom. The summed E-state index contributed by atoms with van der Waals surface area (Å²) in [6.45, 7) is 3.60. The molecule has 0 radical (unpaired) electrons. The normalized spacial score (nSPS) is 10.9. The maximum atomic E-state index is 10.6. The fourth-order valence-corrected chi connectivity index (χ4v) is 3.31. The average Bonchev–Trinajstić information content (AvgIpc) is 2.47. The van der Waals surface area contributed by atoms with E-state index in [9.17, 15) is 20.2 Å². The number of nitro benzene ring substituents is 2. The van der Waals surface area contributed by atoms with E-state index in [-0.39, 0.29) is 11.4 Å². The number of hydrogen-bond donors (Lipinski definition) is 0. The lowest BCUT2D eigenvalue weighted by Gasteiger charge is -2.24. The molecule has 0 aromatic heterocycles. The minimum atomic E-state index is -2.61. The number of non-ortho nitro benzene ring substituents is 2. The summed E-state index contributed by atoms with van der Waals surface area (Å²) in [5.41, 5.74) is -0.0405. The zero-order chi connectivity index (χ0) is 17.0. The van der Waals surface area contributed by atoms with Crippen molar-refractivity contribution in [3.8, 4) is 11.5 Å². The van der Waals surface area contributed by atoms with Crippen molar-refractivity contribution in [1.29, 1.82) is 0 Å². The van der Waals surface area contributed by atoms with Crippen LogP contribution in [0.5, 0.6) is 11.5 Å². The van der Waals surface area contributed by atoms with Gasteiger partial charge in [-0.25, -0.2) is 0 Å². The second kappa shape index (κ2) is 6.44. The number of rotatable bonds is 6. The Morgan fingerprint density at radius 1 is 0.739 bits per heavy atom. The molecule has 0 fully saturated rings. The molecule has 0 spiro atoms. The zero-order valence-corrected chi connectivity index (χ0v) is 13.5. The molecule has 0 heterocycles. The van der Waals surface area contributed by atoms with Crippen LogP contribution in [0.15, 0.2) is 48.5 Å². The molecule has 0 unspecified atom stereocenters. The molecule has 0 aliphatic heterocycles. The standard InChI is InChI=1S/C14H14N2O6Si/c1-23(2,21-13-7-3-11(4-8-13)15(17)18)22-14-9-5-12(6-10-14)16(19)20/h3-10H,1-2H3. The smallest absolute Gasteiger partial charge is 0.454 e. The molecule has 9 heteroatoms. The van der Waals surface area contributed by atoms with Crippen LogP contribution in [0, 0.1) is 20.2 Å². The first-order valence-electron chi connectivity index (χ1n) is 6.64. The summed E-state index contributed by atoms with van der Waals surface area (Å²) in [6.07, 6.45) is 0. The summed E-state index contributed by atoms with van der Waals surface area (Å²) < 4.78 is 11.6. The van der Waals surface area contributed by atoms with Gasteiger partial charge in [0.1, 0.15) is 11.5 Å². The van der Waals surface area contributed by atoms with Gasteiger partial charge in [0.2, 0.25) is 0 Å². The fraction of sp³-hybridized carbons (Fsp3) is 0.143. The first-order chi connectivity index (χ1) is 10.8. The minimum absolute atomic E-state index is 0.0203. The molecule has 0 N–H and O–H groups in total. The Bertz CT molecular complexity index is 654. The predicted molar refractivity (Wildman–Crippen MR) is 84.9 cm³/mol. The lowest BCUT2D eigenvalue weighted by Crippen LogP contribution is -2.41. The van der Waals surface area contributed by atoms with Gasteiger partial charge < -0.3 is 8.85 Å². The van der Waals surface area contributed by atoms with Gasteiger partial charge in [0.15, 0.2) is 0 Å². The monoisotopic (exact) mass is 334 g/mol. The van der Waals surface area contributed by atoms with Crippen LogP contribution in [0.25, 0.3) is 0 Å². The summed E-state index contributed by atoms with van der Waals surface area (Å²) in [7, 11) is -2.61. The zero-order valence-electron chi connectivity index (χ0n) is 12.5. The van der Waals surface area contributed by atoms with Crippen molar-refractivity contribution in [3.05, 3.63) is 68.8 Å². The van der Waals surface area contributed by atoms with E-state index in [1.54, 1.807) is 13.1 Å². The molecule has 0 bridgehead atoms. The fourth-order valence-electron chi connectivity index (χ4n) is 1.86. The van der Waals surface area contributed by atoms with E-state index in [0.717, 1.165) is 0 Å². The lowest BCUT2D eigenvalue weighted by molar-refractivity contribution is -0.385. The predicted octanol–water partition coefficient (Wildman–Crippen LogP) is 3.66. The van der Waals surface area contributed by atoms with Crippen LogP contribution in [0.2, 0.25) is 13.1 Å². The van der Waals surface area contributed by atoms with Crippen molar-refractivity contribution in [1.82, 2.24) is 0 Å². The maximum Gasteiger partial charge on any atom is 0.454 e. The van der Waals surface area contributed by atoms with Crippen molar-refractivity contribution < 1.29 is 18.7 Å². The number of nitrogens with zero attached hydrogens (tertiary/aromatic N) is 2. The third-order valence-electron chi connectivity index (χ3n) is 2.82. The highest BCUT2D eigenvalue weighted by Gasteiger charge is 2.29. The summed E-state index contributed by atoms with van der Waals surface area (Å²) in [4.78, 5) is 20.3. The topological polar surface area (TPSA) is 105 Å². The van der Waals surface area contributed by atoms with Crippen LogP contribution in [-0.2, 0) is 0 Å². The largest absolute Gasteiger partial charge is 0.512 e. The van der Waals surface area contributed by atoms with Gasteiger partial charge in [-0.3, -0.25) is 20.2 Å². The highest BCUT2D eigenvalue weighted by molar-refractivity contribution is 6.66. The molecule has 23 heavy (non-hydrogen) atoms. The van der Waals surface area contributed by atoms with E-state index in [1.807, 2.05) is 0 Å². The third-order valence-corrected chi connectivity index (χ3v) is 4.28. The number of benzene rings is 2. The molecule has 2 rings (SSSR count). The Labute approximate surface area is 132 Å². The van der Waals surface area contributed by atoms with Crippen LogP contribution in [0.4, 0.5) is 11.4 Å². The van der Waals surface area contributed by atoms with Crippen LogP contribution < -0.4 is 8.85 Å². The second-order valence-electron chi connectivity index (χ2n) is 5.11. The Morgan fingerprint density at radius 3 is 1.30 bits per heavy atom. The van der Waals surface area contributed by atoms with E-state index in [0.29, 0.717) is 11.5 Å². The molecule has 0 saturated carbocycles. The van der Waals surface area contributed by atoms with Gasteiger partial charge in [-0.1, -0.05) is 0 Å². The summed E-state index contributed by atoms with van der Waals surface area (Å²) in [6, 6.07) is 11.4. The van der Waals surface area contributed by atoms with Gasteiger partial charge in [-0.2, -0.15) is 0 Å². The molecule has 0 atom stereocenters. The molecule has 0 amide bonds. The third kappa shape index (κ3) is 4.51. The van der Waals surface area contributed by atoms with Crippen molar-refractivity contribution in [2.45, 2.75) is 13.1 Å². The number of nitro groups is 2. The summed E-state index contributed by atoms with van der Waals surface area (Å²) in [5, 5.41) is 21.2. The Hall–Kier alpha value is -2.94. The SMILES string of the molecule is C[Si](C)(Oc1ccc([N+](=O)[O-])cc1)Oc1ccc([N+](=O)[O-])cc1. The van der Waals surface area contributed by atoms with E-state index in [4.69, 9.17) is 8.85 Å². The van der Waals surface area contributed by atoms with Crippen molar-refractivity contribution >= 4 is 19.9 Å². The highest BCUT2D eigenvalue weighted by atomic mass is 28.4. The van der Waals surface area contributed by atoms with Gasteiger partial charge in [-0.05, 0) is 24.3 Å². The Kier molecular flexibility index (Phi) is 4.60. The quantitative estimate of drug-likeness (QED) is 0.453. The minimum Gasteiger partial charge on any atom is -0.512 e. The van der Waals surface area contributed by atoms with Crippen LogP contribution in [0.1, 0.15) is 0 Å². The maximum absolute atomic E-state index is 10.6. The molecular formula is C14H14N2O6Si. The number of hydrogen-bond acceptors (Lipinski definition) is 6. The van der Waals surface area contributed by atoms with Gasteiger partial charge in [0, 0.05) is 37.4 Å². The Balaban J connectivity index is 2.06. The van der Waals surface area contributed by atoms with Gasteiger partial charge in [0.05, 0.1) is 9.85 Å². The first-order valence-corrected chi connectivity index (χ1v) is 9.45. The van der Waals surface area contributed by atoms with E-state index in [2.05, 4.69) is 0 Å². The molecule has 8 nitrogen and oxygen atoms in total. The van der Waals surface area contributed by atoms with Crippen LogP contribution in [0.3, 0.4) is 0 Å². The second-order valence-corrected chi connectivity index (χ2v) is 8.31. The molecule has 120 valence electrons. The summed E-state index contributed by atoms with van der Waals surface area (Å²) in [5.74, 6) is 0.934. The van der Waals surface area contributed by atoms with E-state index >= 15 is 0 Å². The van der Waals surface area contributed by atoms with Crippen molar-refractivity contribution in [3.63, 3.8) is 0 Å². The summed E-state index contributed by atoms with van der Waals surface area (Å²) >= 11 is 0. The van der Waals surface area contributed by atoms with Gasteiger partial charge >= 0.3 is 8.56 Å². The first kappa shape index (κ1) is 16.4. The van der Waals surface area contributed by atoms with Gasteiger partial charge in [0.25, 0.3) is 11.4 Å². The highest BCUT2D eigenvalue weighted by Crippen LogP contribution is 2.24. The molecular weight excluding hydrogens is 320 g/mol. The van der Waals surface area contributed by atoms with Crippen LogP contribution >= 0.6 is 0 Å². The molecule has 0 aliphatic rings. The van der Waals surface area contributed by atoms with Crippen molar-refractivity contribution in [2.75, 3.05) is 0 Å². The van der Waals surface area contributed by atoms with E-state index < -0.39 is 18.4 Å².